The molecule has 2 aromatic carbocycles. The number of ketones is 1. The van der Waals surface area contributed by atoms with Gasteiger partial charge in [-0.2, -0.15) is 5.10 Å². The number of methoxy groups -OCH3 is 4. The van der Waals surface area contributed by atoms with Crippen LogP contribution in [0, 0.1) is 0 Å². The Kier molecular flexibility index (Phi) is 5.30. The molecule has 0 atom stereocenters. The van der Waals surface area contributed by atoms with E-state index >= 15 is 0 Å². The highest BCUT2D eigenvalue weighted by Crippen LogP contribution is 2.39. The van der Waals surface area contributed by atoms with E-state index in [4.69, 9.17) is 18.9 Å². The van der Waals surface area contributed by atoms with Gasteiger partial charge in [-0.3, -0.25) is 9.89 Å². The molecule has 0 aliphatic rings. The van der Waals surface area contributed by atoms with Gasteiger partial charge >= 0.3 is 0 Å². The Labute approximate surface area is 156 Å². The predicted octanol–water partition coefficient (Wildman–Crippen LogP) is 3.34. The summed E-state index contributed by atoms with van der Waals surface area (Å²) in [6, 6.07) is 10.4. The summed E-state index contributed by atoms with van der Waals surface area (Å²) in [5.41, 5.74) is 2.43. The van der Waals surface area contributed by atoms with E-state index in [0.717, 1.165) is 11.3 Å². The van der Waals surface area contributed by atoms with Crippen LogP contribution < -0.4 is 18.9 Å². The van der Waals surface area contributed by atoms with E-state index in [9.17, 15) is 4.79 Å². The zero-order valence-corrected chi connectivity index (χ0v) is 15.5. The van der Waals surface area contributed by atoms with Crippen molar-refractivity contribution in [3.63, 3.8) is 0 Å². The Morgan fingerprint density at radius 3 is 2.04 bits per heavy atom. The summed E-state index contributed by atoms with van der Waals surface area (Å²) in [6.45, 7) is 0. The lowest BCUT2D eigenvalue weighted by Gasteiger charge is -2.15. The first-order chi connectivity index (χ1) is 13.1. The van der Waals surface area contributed by atoms with Crippen molar-refractivity contribution in [2.75, 3.05) is 28.4 Å². The number of aromatic nitrogens is 2. The number of rotatable bonds is 7. The van der Waals surface area contributed by atoms with Gasteiger partial charge in [0.25, 0.3) is 0 Å². The largest absolute Gasteiger partial charge is 0.496 e. The Morgan fingerprint density at radius 1 is 0.852 bits per heavy atom. The SMILES string of the molecule is COc1ccc(-c2ccn[nH]2)cc1C(=O)c1cc(OC)c(OC)c(OC)c1. The van der Waals surface area contributed by atoms with Gasteiger partial charge in [0.05, 0.1) is 39.7 Å². The first kappa shape index (κ1) is 18.3. The zero-order valence-electron chi connectivity index (χ0n) is 15.5. The molecule has 0 aliphatic carbocycles. The molecule has 0 unspecified atom stereocenters. The normalized spacial score (nSPS) is 10.4. The molecule has 3 rings (SSSR count). The van der Waals surface area contributed by atoms with Gasteiger partial charge in [0.1, 0.15) is 5.75 Å². The van der Waals surface area contributed by atoms with Gasteiger partial charge in [0, 0.05) is 17.3 Å². The number of nitrogens with one attached hydrogen (secondary N) is 1. The molecule has 0 spiro atoms. The van der Waals surface area contributed by atoms with Crippen LogP contribution in [-0.4, -0.2) is 44.4 Å². The Hall–Kier alpha value is -3.48. The minimum atomic E-state index is -0.229. The second-order valence-electron chi connectivity index (χ2n) is 5.63. The van der Waals surface area contributed by atoms with Crippen LogP contribution in [0.3, 0.4) is 0 Å². The maximum Gasteiger partial charge on any atom is 0.203 e. The van der Waals surface area contributed by atoms with Gasteiger partial charge < -0.3 is 18.9 Å². The monoisotopic (exact) mass is 368 g/mol. The van der Waals surface area contributed by atoms with Gasteiger partial charge in [0.15, 0.2) is 17.3 Å². The maximum absolute atomic E-state index is 13.2. The van der Waals surface area contributed by atoms with Gasteiger partial charge in [-0.1, -0.05) is 0 Å². The van der Waals surface area contributed by atoms with Crippen LogP contribution in [0.4, 0.5) is 0 Å². The number of carbonyl (C=O) groups excluding carboxylic acids is 1. The summed E-state index contributed by atoms with van der Waals surface area (Å²) in [5.74, 6) is 1.48. The molecule has 0 amide bonds. The molecule has 1 aromatic heterocycles. The van der Waals surface area contributed by atoms with E-state index in [1.54, 1.807) is 30.5 Å². The van der Waals surface area contributed by atoms with Crippen molar-refractivity contribution in [3.8, 4) is 34.3 Å². The minimum Gasteiger partial charge on any atom is -0.496 e. The van der Waals surface area contributed by atoms with Crippen LogP contribution >= 0.6 is 0 Å². The Morgan fingerprint density at radius 2 is 1.52 bits per heavy atom. The molecule has 7 nitrogen and oxygen atoms in total. The first-order valence-corrected chi connectivity index (χ1v) is 8.15. The lowest BCUT2D eigenvalue weighted by molar-refractivity contribution is 0.103. The van der Waals surface area contributed by atoms with Gasteiger partial charge in [-0.15, -0.1) is 0 Å². The molecule has 0 saturated carbocycles. The smallest absolute Gasteiger partial charge is 0.203 e. The highest BCUT2D eigenvalue weighted by molar-refractivity contribution is 6.12. The van der Waals surface area contributed by atoms with Crippen molar-refractivity contribution in [3.05, 3.63) is 53.7 Å². The Bertz CT molecular complexity index is 926. The Balaban J connectivity index is 2.11. The molecule has 3 aromatic rings. The summed E-state index contributed by atoms with van der Waals surface area (Å²) in [4.78, 5) is 13.2. The van der Waals surface area contributed by atoms with Crippen LogP contribution in [0.1, 0.15) is 15.9 Å². The molecular weight excluding hydrogens is 348 g/mol. The molecular formula is C20H20N2O5. The molecule has 140 valence electrons. The van der Waals surface area contributed by atoms with Crippen molar-refractivity contribution in [1.29, 1.82) is 0 Å². The molecule has 0 saturated heterocycles. The summed E-state index contributed by atoms with van der Waals surface area (Å²) in [7, 11) is 6.05. The van der Waals surface area contributed by atoms with Gasteiger partial charge in [-0.25, -0.2) is 0 Å². The fourth-order valence-electron chi connectivity index (χ4n) is 2.84. The molecule has 1 N–H and O–H groups in total. The number of nitrogens with zero attached hydrogens (tertiary/aromatic N) is 1. The van der Waals surface area contributed by atoms with E-state index in [2.05, 4.69) is 10.2 Å². The van der Waals surface area contributed by atoms with Crippen LogP contribution in [0.25, 0.3) is 11.3 Å². The van der Waals surface area contributed by atoms with Crippen molar-refractivity contribution >= 4 is 5.78 Å². The van der Waals surface area contributed by atoms with E-state index in [1.807, 2.05) is 12.1 Å². The zero-order chi connectivity index (χ0) is 19.4. The van der Waals surface area contributed by atoms with E-state index < -0.39 is 0 Å². The van der Waals surface area contributed by atoms with Crippen LogP contribution in [-0.2, 0) is 0 Å². The number of hydrogen-bond acceptors (Lipinski definition) is 6. The second-order valence-corrected chi connectivity index (χ2v) is 5.63. The highest BCUT2D eigenvalue weighted by Gasteiger charge is 2.21. The van der Waals surface area contributed by atoms with Gasteiger partial charge in [-0.05, 0) is 36.4 Å². The highest BCUT2D eigenvalue weighted by atomic mass is 16.5. The van der Waals surface area contributed by atoms with Crippen LogP contribution in [0.5, 0.6) is 23.0 Å². The number of ether oxygens (including phenoxy) is 4. The van der Waals surface area contributed by atoms with E-state index in [0.29, 0.717) is 34.1 Å². The topological polar surface area (TPSA) is 82.7 Å². The molecule has 0 bridgehead atoms. The third-order valence-corrected chi connectivity index (χ3v) is 4.18. The average molecular weight is 368 g/mol. The quantitative estimate of drug-likeness (QED) is 0.644. The standard InChI is InChI=1S/C20H20N2O5/c1-24-16-6-5-12(15-7-8-21-22-15)9-14(16)19(23)13-10-17(25-2)20(27-4)18(11-13)26-3/h5-11H,1-4H3,(H,21,22). The summed E-state index contributed by atoms with van der Waals surface area (Å²) in [5, 5.41) is 6.84. The predicted molar refractivity (Wildman–Crippen MR) is 100 cm³/mol. The average Bonchev–Trinajstić information content (AvgIpc) is 3.26. The van der Waals surface area contributed by atoms with Crippen molar-refractivity contribution in [2.24, 2.45) is 0 Å². The number of hydrogen-bond donors (Lipinski definition) is 1. The van der Waals surface area contributed by atoms with Crippen molar-refractivity contribution < 1.29 is 23.7 Å². The van der Waals surface area contributed by atoms with Crippen LogP contribution in [0.15, 0.2) is 42.6 Å². The molecule has 0 aliphatic heterocycles. The third-order valence-electron chi connectivity index (χ3n) is 4.18. The molecule has 0 radical (unpaired) electrons. The number of H-pyrrole nitrogens is 1. The van der Waals surface area contributed by atoms with Crippen molar-refractivity contribution in [1.82, 2.24) is 10.2 Å². The fraction of sp³-hybridized carbons (Fsp3) is 0.200. The number of carbonyl (C=O) groups is 1. The van der Waals surface area contributed by atoms with Crippen molar-refractivity contribution in [2.45, 2.75) is 0 Å². The van der Waals surface area contributed by atoms with E-state index in [1.165, 1.54) is 28.4 Å². The molecule has 1 heterocycles. The lowest BCUT2D eigenvalue weighted by Crippen LogP contribution is -2.06. The first-order valence-electron chi connectivity index (χ1n) is 8.15. The summed E-state index contributed by atoms with van der Waals surface area (Å²) >= 11 is 0. The number of aromatic amines is 1. The van der Waals surface area contributed by atoms with E-state index in [-0.39, 0.29) is 5.78 Å². The van der Waals surface area contributed by atoms with Crippen LogP contribution in [0.2, 0.25) is 0 Å². The molecule has 7 heteroatoms. The minimum absolute atomic E-state index is 0.229. The van der Waals surface area contributed by atoms with Gasteiger partial charge in [0.2, 0.25) is 5.75 Å². The third kappa shape index (κ3) is 3.44. The second kappa shape index (κ2) is 7.82. The summed E-state index contributed by atoms with van der Waals surface area (Å²) in [6.07, 6.45) is 1.65. The molecule has 0 fully saturated rings. The molecule has 27 heavy (non-hydrogen) atoms. The fourth-order valence-corrected chi connectivity index (χ4v) is 2.84. The maximum atomic E-state index is 13.2. The number of benzene rings is 2. The summed E-state index contributed by atoms with van der Waals surface area (Å²) < 4.78 is 21.4. The lowest BCUT2D eigenvalue weighted by atomic mass is 9.98.